The van der Waals surface area contributed by atoms with Gasteiger partial charge in [0.05, 0.1) is 0 Å². The Kier molecular flexibility index (Phi) is 3.34. The van der Waals surface area contributed by atoms with E-state index in [2.05, 4.69) is 10.2 Å². The number of aromatic nitrogens is 2. The fraction of sp³-hybridized carbons (Fsp3) is 0.267. The van der Waals surface area contributed by atoms with Gasteiger partial charge in [0.25, 0.3) is 0 Å². The summed E-state index contributed by atoms with van der Waals surface area (Å²) in [6.45, 7) is 5.47. The molecule has 0 atom stereocenters. The summed E-state index contributed by atoms with van der Waals surface area (Å²) in [7, 11) is 0. The van der Waals surface area contributed by atoms with Gasteiger partial charge in [-0.25, -0.2) is 0 Å². The summed E-state index contributed by atoms with van der Waals surface area (Å²) >= 11 is 0. The van der Waals surface area contributed by atoms with Crippen molar-refractivity contribution in [2.24, 2.45) is 5.41 Å². The van der Waals surface area contributed by atoms with Crippen LogP contribution in [0.3, 0.4) is 0 Å². The average molecular weight is 256 g/mol. The van der Waals surface area contributed by atoms with Crippen molar-refractivity contribution in [2.75, 3.05) is 0 Å². The molecule has 0 fully saturated rings. The second-order valence-electron chi connectivity index (χ2n) is 5.44. The number of carbonyl (C=O) groups is 2. The summed E-state index contributed by atoms with van der Waals surface area (Å²) < 4.78 is 0. The number of ketones is 2. The lowest BCUT2D eigenvalue weighted by atomic mass is 9.89. The van der Waals surface area contributed by atoms with Gasteiger partial charge in [-0.05, 0) is 6.07 Å². The van der Waals surface area contributed by atoms with Gasteiger partial charge in [0.2, 0.25) is 5.78 Å². The normalized spacial score (nSPS) is 11.3. The number of benzene rings is 1. The maximum atomic E-state index is 12.1. The summed E-state index contributed by atoms with van der Waals surface area (Å²) in [6.07, 6.45) is 0. The third kappa shape index (κ3) is 2.78. The van der Waals surface area contributed by atoms with Crippen LogP contribution >= 0.6 is 0 Å². The van der Waals surface area contributed by atoms with Gasteiger partial charge in [0.1, 0.15) is 11.4 Å². The molecule has 0 aliphatic heterocycles. The summed E-state index contributed by atoms with van der Waals surface area (Å²) in [5, 5.41) is 6.57. The van der Waals surface area contributed by atoms with Crippen molar-refractivity contribution in [3.63, 3.8) is 0 Å². The van der Waals surface area contributed by atoms with Crippen LogP contribution in [-0.4, -0.2) is 21.8 Å². The molecule has 0 saturated heterocycles. The molecule has 0 radical (unpaired) electrons. The monoisotopic (exact) mass is 256 g/mol. The molecule has 0 aliphatic rings. The first-order valence-electron chi connectivity index (χ1n) is 6.09. The predicted molar refractivity (Wildman–Crippen MR) is 72.2 cm³/mol. The Morgan fingerprint density at radius 3 is 2.32 bits per heavy atom. The van der Waals surface area contributed by atoms with Crippen molar-refractivity contribution in [3.05, 3.63) is 53.3 Å². The Morgan fingerprint density at radius 1 is 1.11 bits per heavy atom. The number of hydrogen-bond donors (Lipinski definition) is 1. The molecule has 98 valence electrons. The Bertz CT molecular complexity index is 607. The Morgan fingerprint density at radius 2 is 1.74 bits per heavy atom. The summed E-state index contributed by atoms with van der Waals surface area (Å²) in [5.41, 5.74) is 0.689. The maximum Gasteiger partial charge on any atom is 0.210 e. The minimum absolute atomic E-state index is 0.0872. The number of nitrogens with one attached hydrogen (secondary N) is 1. The number of carbonyl (C=O) groups excluding carboxylic acids is 2. The standard InChI is InChI=1S/C15H16N2O2/c1-15(2,3)14(19)12-9-11(16-17-12)13(18)10-7-5-4-6-8-10/h4-9H,1-3H3,(H,16,17). The van der Waals surface area contributed by atoms with E-state index in [1.165, 1.54) is 6.07 Å². The van der Waals surface area contributed by atoms with E-state index >= 15 is 0 Å². The van der Waals surface area contributed by atoms with E-state index < -0.39 is 5.41 Å². The zero-order valence-electron chi connectivity index (χ0n) is 11.2. The van der Waals surface area contributed by atoms with Crippen LogP contribution in [0.1, 0.15) is 47.3 Å². The first kappa shape index (κ1) is 13.2. The van der Waals surface area contributed by atoms with Gasteiger partial charge in [0, 0.05) is 11.0 Å². The van der Waals surface area contributed by atoms with E-state index in [9.17, 15) is 9.59 Å². The van der Waals surface area contributed by atoms with E-state index in [1.807, 2.05) is 26.8 Å². The van der Waals surface area contributed by atoms with Gasteiger partial charge in [-0.1, -0.05) is 51.1 Å². The predicted octanol–water partition coefficient (Wildman–Crippen LogP) is 2.87. The minimum atomic E-state index is -0.512. The number of nitrogens with zero attached hydrogens (tertiary/aromatic N) is 1. The molecular weight excluding hydrogens is 240 g/mol. The van der Waals surface area contributed by atoms with Gasteiger partial charge in [-0.3, -0.25) is 14.7 Å². The molecule has 1 heterocycles. The Labute approximate surface area is 111 Å². The van der Waals surface area contributed by atoms with Gasteiger partial charge in [0.15, 0.2) is 5.78 Å². The minimum Gasteiger partial charge on any atom is -0.292 e. The van der Waals surface area contributed by atoms with Crippen LogP contribution in [0.15, 0.2) is 36.4 Å². The number of Topliss-reactive ketones (excluding diaryl/α,β-unsaturated/α-hetero) is 1. The molecule has 0 bridgehead atoms. The van der Waals surface area contributed by atoms with E-state index in [0.29, 0.717) is 17.0 Å². The molecule has 0 aliphatic carbocycles. The van der Waals surface area contributed by atoms with Crippen molar-refractivity contribution >= 4 is 11.6 Å². The zero-order chi connectivity index (χ0) is 14.0. The van der Waals surface area contributed by atoms with Crippen LogP contribution in [0.25, 0.3) is 0 Å². The number of hydrogen-bond acceptors (Lipinski definition) is 3. The lowest BCUT2D eigenvalue weighted by molar-refractivity contribution is 0.0853. The third-order valence-electron chi connectivity index (χ3n) is 2.77. The third-order valence-corrected chi connectivity index (χ3v) is 2.77. The first-order valence-corrected chi connectivity index (χ1v) is 6.09. The molecule has 2 aromatic rings. The van der Waals surface area contributed by atoms with Crippen LogP contribution in [0.4, 0.5) is 0 Å². The van der Waals surface area contributed by atoms with Crippen molar-refractivity contribution in [1.82, 2.24) is 10.2 Å². The highest BCUT2D eigenvalue weighted by Crippen LogP contribution is 2.20. The van der Waals surface area contributed by atoms with Gasteiger partial charge >= 0.3 is 0 Å². The van der Waals surface area contributed by atoms with E-state index in [0.717, 1.165) is 0 Å². The fourth-order valence-electron chi connectivity index (χ4n) is 1.68. The molecule has 2 rings (SSSR count). The molecule has 4 nitrogen and oxygen atoms in total. The molecule has 4 heteroatoms. The molecule has 0 saturated carbocycles. The average Bonchev–Trinajstić information content (AvgIpc) is 2.86. The molecular formula is C15H16N2O2. The second kappa shape index (κ2) is 4.80. The number of aromatic amines is 1. The number of H-pyrrole nitrogens is 1. The molecule has 1 aromatic heterocycles. The quantitative estimate of drug-likeness (QED) is 0.859. The van der Waals surface area contributed by atoms with E-state index in [-0.39, 0.29) is 11.6 Å². The molecule has 0 amide bonds. The smallest absolute Gasteiger partial charge is 0.210 e. The van der Waals surface area contributed by atoms with E-state index in [4.69, 9.17) is 0 Å². The summed E-state index contributed by atoms with van der Waals surface area (Å²) in [4.78, 5) is 24.2. The lowest BCUT2D eigenvalue weighted by Crippen LogP contribution is -2.20. The lowest BCUT2D eigenvalue weighted by Gasteiger charge is -2.13. The maximum absolute atomic E-state index is 12.1. The second-order valence-corrected chi connectivity index (χ2v) is 5.44. The highest BCUT2D eigenvalue weighted by molar-refractivity contribution is 6.09. The van der Waals surface area contributed by atoms with Crippen LogP contribution in [0, 0.1) is 5.41 Å². The molecule has 1 N–H and O–H groups in total. The summed E-state index contributed by atoms with van der Waals surface area (Å²) in [5.74, 6) is -0.253. The van der Waals surface area contributed by atoms with Crippen molar-refractivity contribution < 1.29 is 9.59 Å². The Hall–Kier alpha value is -2.23. The van der Waals surface area contributed by atoms with Gasteiger partial charge < -0.3 is 0 Å². The van der Waals surface area contributed by atoms with Crippen LogP contribution in [0.5, 0.6) is 0 Å². The Balaban J connectivity index is 2.28. The summed E-state index contributed by atoms with van der Waals surface area (Å²) in [6, 6.07) is 10.4. The zero-order valence-corrected chi connectivity index (χ0v) is 11.2. The molecule has 0 unspecified atom stereocenters. The SMILES string of the molecule is CC(C)(C)C(=O)c1cc(C(=O)c2ccccc2)[nH]n1. The van der Waals surface area contributed by atoms with Crippen LogP contribution in [-0.2, 0) is 0 Å². The van der Waals surface area contributed by atoms with Crippen molar-refractivity contribution in [2.45, 2.75) is 20.8 Å². The number of rotatable bonds is 3. The van der Waals surface area contributed by atoms with Crippen molar-refractivity contribution in [3.8, 4) is 0 Å². The highest BCUT2D eigenvalue weighted by Gasteiger charge is 2.26. The van der Waals surface area contributed by atoms with Gasteiger partial charge in [-0.2, -0.15) is 5.10 Å². The topological polar surface area (TPSA) is 62.8 Å². The van der Waals surface area contributed by atoms with Crippen LogP contribution in [0.2, 0.25) is 0 Å². The first-order chi connectivity index (χ1) is 8.89. The van der Waals surface area contributed by atoms with Gasteiger partial charge in [-0.15, -0.1) is 0 Å². The molecule has 0 spiro atoms. The fourth-order valence-corrected chi connectivity index (χ4v) is 1.68. The van der Waals surface area contributed by atoms with Crippen LogP contribution < -0.4 is 0 Å². The molecule has 19 heavy (non-hydrogen) atoms. The molecule has 1 aromatic carbocycles. The highest BCUT2D eigenvalue weighted by atomic mass is 16.1. The largest absolute Gasteiger partial charge is 0.292 e. The van der Waals surface area contributed by atoms with E-state index in [1.54, 1.807) is 24.3 Å². The van der Waals surface area contributed by atoms with Crippen molar-refractivity contribution in [1.29, 1.82) is 0 Å².